The zero-order valence-electron chi connectivity index (χ0n) is 8.96. The van der Waals surface area contributed by atoms with Crippen LogP contribution in [0.4, 0.5) is 0 Å². The molecule has 1 aromatic heterocycles. The average molecular weight is 246 g/mol. The van der Waals surface area contributed by atoms with Crippen LogP contribution in [0.25, 0.3) is 5.69 Å². The van der Waals surface area contributed by atoms with Crippen molar-refractivity contribution in [1.82, 2.24) is 9.55 Å². The summed E-state index contributed by atoms with van der Waals surface area (Å²) >= 11 is 1.78. The number of para-hydroxylation sites is 1. The lowest BCUT2D eigenvalue weighted by Crippen LogP contribution is -1.99. The predicted molar refractivity (Wildman–Crippen MR) is 65.0 cm³/mol. The lowest BCUT2D eigenvalue weighted by molar-refractivity contribution is 0.0691. The van der Waals surface area contributed by atoms with Gasteiger partial charge in [-0.1, -0.05) is 12.1 Å². The monoisotopic (exact) mass is 246 g/mol. The predicted octanol–water partition coefficient (Wildman–Crippen LogP) is 2.22. The van der Waals surface area contributed by atoms with Gasteiger partial charge in [0.2, 0.25) is 0 Å². The van der Waals surface area contributed by atoms with E-state index in [0.717, 1.165) is 23.7 Å². The first-order valence-corrected chi connectivity index (χ1v) is 6.28. The van der Waals surface area contributed by atoms with Gasteiger partial charge in [-0.3, -0.25) is 0 Å². The highest BCUT2D eigenvalue weighted by Gasteiger charge is 2.18. The number of aromatic carboxylic acids is 1. The van der Waals surface area contributed by atoms with Crippen LogP contribution in [-0.4, -0.2) is 26.4 Å². The standard InChI is InChI=1S/C12H10N2O2S/c15-12(16)8-7-14-9-3-1-2-4-10(9)17-6-5-11(14)13-8/h1-4,7H,5-6H2,(H,15,16). The van der Waals surface area contributed by atoms with Crippen molar-refractivity contribution >= 4 is 17.7 Å². The first-order valence-electron chi connectivity index (χ1n) is 5.29. The molecule has 2 aromatic rings. The van der Waals surface area contributed by atoms with Crippen LogP contribution < -0.4 is 0 Å². The summed E-state index contributed by atoms with van der Waals surface area (Å²) < 4.78 is 1.89. The molecule has 5 heteroatoms. The summed E-state index contributed by atoms with van der Waals surface area (Å²) in [4.78, 5) is 16.3. The van der Waals surface area contributed by atoms with Crippen molar-refractivity contribution in [1.29, 1.82) is 0 Å². The lowest BCUT2D eigenvalue weighted by atomic mass is 10.3. The molecule has 0 spiro atoms. The van der Waals surface area contributed by atoms with Gasteiger partial charge in [-0.2, -0.15) is 0 Å². The van der Waals surface area contributed by atoms with Gasteiger partial charge in [0.05, 0.1) is 5.69 Å². The maximum Gasteiger partial charge on any atom is 0.356 e. The average Bonchev–Trinajstić information content (AvgIpc) is 2.67. The number of carbonyl (C=O) groups is 1. The van der Waals surface area contributed by atoms with Crippen LogP contribution in [0.15, 0.2) is 35.4 Å². The number of hydrogen-bond acceptors (Lipinski definition) is 3. The molecule has 1 aliphatic rings. The third kappa shape index (κ3) is 1.72. The molecule has 0 saturated carbocycles. The van der Waals surface area contributed by atoms with Gasteiger partial charge in [0, 0.05) is 23.3 Å². The second-order valence-electron chi connectivity index (χ2n) is 3.78. The van der Waals surface area contributed by atoms with Crippen LogP contribution >= 0.6 is 11.8 Å². The van der Waals surface area contributed by atoms with Crippen LogP contribution in [0.1, 0.15) is 16.3 Å². The quantitative estimate of drug-likeness (QED) is 0.838. The summed E-state index contributed by atoms with van der Waals surface area (Å²) in [7, 11) is 0. The van der Waals surface area contributed by atoms with E-state index in [1.807, 2.05) is 22.8 Å². The Morgan fingerprint density at radius 3 is 3.06 bits per heavy atom. The second-order valence-corrected chi connectivity index (χ2v) is 4.92. The summed E-state index contributed by atoms with van der Waals surface area (Å²) in [5.41, 5.74) is 1.13. The highest BCUT2D eigenvalue weighted by molar-refractivity contribution is 7.99. The van der Waals surface area contributed by atoms with Gasteiger partial charge in [0.1, 0.15) is 5.82 Å². The highest BCUT2D eigenvalue weighted by atomic mass is 32.2. The molecule has 2 heterocycles. The largest absolute Gasteiger partial charge is 0.476 e. The van der Waals surface area contributed by atoms with Crippen LogP contribution in [-0.2, 0) is 6.42 Å². The van der Waals surface area contributed by atoms with Gasteiger partial charge >= 0.3 is 5.97 Å². The first-order chi connectivity index (χ1) is 8.25. The molecule has 0 radical (unpaired) electrons. The van der Waals surface area contributed by atoms with E-state index in [-0.39, 0.29) is 5.69 Å². The Morgan fingerprint density at radius 2 is 2.24 bits per heavy atom. The number of carboxylic acid groups (broad SMARTS) is 1. The van der Waals surface area contributed by atoms with E-state index >= 15 is 0 Å². The molecule has 1 aliphatic heterocycles. The molecule has 0 fully saturated rings. The lowest BCUT2D eigenvalue weighted by Gasteiger charge is -2.06. The minimum absolute atomic E-state index is 0.113. The summed E-state index contributed by atoms with van der Waals surface area (Å²) in [6, 6.07) is 7.99. The molecule has 86 valence electrons. The molecule has 1 N–H and O–H groups in total. The van der Waals surface area contributed by atoms with Gasteiger partial charge in [-0.15, -0.1) is 11.8 Å². The van der Waals surface area contributed by atoms with Gasteiger partial charge in [0.25, 0.3) is 0 Å². The number of aryl methyl sites for hydroxylation is 1. The molecule has 0 bridgehead atoms. The molecule has 3 rings (SSSR count). The molecule has 0 atom stereocenters. The van der Waals surface area contributed by atoms with Crippen LogP contribution in [0.3, 0.4) is 0 Å². The fourth-order valence-electron chi connectivity index (χ4n) is 1.94. The zero-order valence-corrected chi connectivity index (χ0v) is 9.78. The van der Waals surface area contributed by atoms with Crippen LogP contribution in [0.5, 0.6) is 0 Å². The van der Waals surface area contributed by atoms with E-state index in [1.165, 1.54) is 4.90 Å². The van der Waals surface area contributed by atoms with E-state index in [1.54, 1.807) is 18.0 Å². The number of fused-ring (bicyclic) bond motifs is 3. The molecular weight excluding hydrogens is 236 g/mol. The number of thioether (sulfide) groups is 1. The summed E-state index contributed by atoms with van der Waals surface area (Å²) in [5.74, 6) is 0.767. The molecule has 0 unspecified atom stereocenters. The fourth-order valence-corrected chi connectivity index (χ4v) is 2.93. The molecule has 0 amide bonds. The van der Waals surface area contributed by atoms with Crippen molar-refractivity contribution in [2.24, 2.45) is 0 Å². The minimum atomic E-state index is -0.976. The van der Waals surface area contributed by atoms with Crippen molar-refractivity contribution in [3.63, 3.8) is 0 Å². The van der Waals surface area contributed by atoms with E-state index in [9.17, 15) is 4.79 Å². The normalized spacial score (nSPS) is 13.6. The van der Waals surface area contributed by atoms with Gasteiger partial charge in [0.15, 0.2) is 5.69 Å². The van der Waals surface area contributed by atoms with Crippen molar-refractivity contribution in [3.05, 3.63) is 42.0 Å². The Kier molecular flexibility index (Phi) is 2.40. The number of rotatable bonds is 1. The third-order valence-electron chi connectivity index (χ3n) is 2.71. The van der Waals surface area contributed by atoms with E-state index in [2.05, 4.69) is 11.1 Å². The van der Waals surface area contributed by atoms with Crippen molar-refractivity contribution in [2.75, 3.05) is 5.75 Å². The van der Waals surface area contributed by atoms with Crippen LogP contribution in [0, 0.1) is 0 Å². The highest BCUT2D eigenvalue weighted by Crippen LogP contribution is 2.30. The second kappa shape index (κ2) is 3.92. The molecule has 0 aliphatic carbocycles. The number of imidazole rings is 1. The maximum atomic E-state index is 10.9. The van der Waals surface area contributed by atoms with Crippen molar-refractivity contribution < 1.29 is 9.90 Å². The van der Waals surface area contributed by atoms with Gasteiger partial charge in [-0.25, -0.2) is 9.78 Å². The van der Waals surface area contributed by atoms with E-state index in [4.69, 9.17) is 5.11 Å². The van der Waals surface area contributed by atoms with Crippen LogP contribution in [0.2, 0.25) is 0 Å². The summed E-state index contributed by atoms with van der Waals surface area (Å²) in [5, 5.41) is 8.97. The Balaban J connectivity index is 2.21. The molecule has 0 saturated heterocycles. The Labute approximate surface area is 102 Å². The number of carboxylic acids is 1. The van der Waals surface area contributed by atoms with Crippen molar-refractivity contribution in [3.8, 4) is 5.69 Å². The molecule has 17 heavy (non-hydrogen) atoms. The zero-order chi connectivity index (χ0) is 11.8. The topological polar surface area (TPSA) is 55.1 Å². The number of aromatic nitrogens is 2. The summed E-state index contributed by atoms with van der Waals surface area (Å²) in [6.07, 6.45) is 2.38. The Morgan fingerprint density at radius 1 is 1.41 bits per heavy atom. The van der Waals surface area contributed by atoms with E-state index < -0.39 is 5.97 Å². The number of benzene rings is 1. The molecule has 4 nitrogen and oxygen atoms in total. The van der Waals surface area contributed by atoms with E-state index in [0.29, 0.717) is 0 Å². The molecular formula is C12H10N2O2S. The third-order valence-corrected chi connectivity index (χ3v) is 3.77. The maximum absolute atomic E-state index is 10.9. The SMILES string of the molecule is O=C(O)c1cn2c(n1)CCSc1ccccc1-2. The number of hydrogen-bond donors (Lipinski definition) is 1. The van der Waals surface area contributed by atoms with Gasteiger partial charge in [-0.05, 0) is 12.1 Å². The fraction of sp³-hybridized carbons (Fsp3) is 0.167. The molecule has 1 aromatic carbocycles. The summed E-state index contributed by atoms with van der Waals surface area (Å²) in [6.45, 7) is 0. The Hall–Kier alpha value is -1.75. The van der Waals surface area contributed by atoms with Crippen molar-refractivity contribution in [2.45, 2.75) is 11.3 Å². The number of nitrogens with zero attached hydrogens (tertiary/aromatic N) is 2. The Bertz CT molecular complexity index is 592. The van der Waals surface area contributed by atoms with Gasteiger partial charge < -0.3 is 9.67 Å². The smallest absolute Gasteiger partial charge is 0.356 e. The first kappa shape index (κ1) is 10.4. The minimum Gasteiger partial charge on any atom is -0.476 e.